The van der Waals surface area contributed by atoms with E-state index in [-0.39, 0.29) is 5.78 Å². The molecule has 5 nitrogen and oxygen atoms in total. The van der Waals surface area contributed by atoms with Crippen molar-refractivity contribution in [1.82, 2.24) is 0 Å². The molecule has 0 bridgehead atoms. The van der Waals surface area contributed by atoms with Gasteiger partial charge in [-0.1, -0.05) is 29.8 Å². The summed E-state index contributed by atoms with van der Waals surface area (Å²) in [4.78, 5) is 26.8. The molecular formula is C19H18ClNO4. The number of hydrogen-bond acceptors (Lipinski definition) is 5. The van der Waals surface area contributed by atoms with Gasteiger partial charge in [0, 0.05) is 10.7 Å². The van der Waals surface area contributed by atoms with E-state index in [1.807, 2.05) is 12.1 Å². The molecule has 6 heteroatoms. The predicted octanol–water partition coefficient (Wildman–Crippen LogP) is 3.41. The van der Waals surface area contributed by atoms with E-state index in [1.54, 1.807) is 48.4 Å². The number of hydrogen-bond donors (Lipinski definition) is 0. The van der Waals surface area contributed by atoms with Crippen molar-refractivity contribution >= 4 is 29.0 Å². The standard InChI is InChI=1S/C19H18ClNO4/c1-12(22)19(18(23)25-3)17(15-6-4-5-7-16(15)20)21(19)13-8-10-14(24-2)11-9-13/h4-11,17H,1-3H3/t17-,19-,21?/m1/s1. The van der Waals surface area contributed by atoms with Crippen LogP contribution >= 0.6 is 11.6 Å². The SMILES string of the molecule is COC(=O)[C@@]1(C(C)=O)[C@@H](c2ccccc2Cl)N1c1ccc(OC)cc1. The van der Waals surface area contributed by atoms with Crippen molar-refractivity contribution in [3.05, 3.63) is 59.1 Å². The van der Waals surface area contributed by atoms with E-state index in [0.717, 1.165) is 0 Å². The molecule has 0 N–H and O–H groups in total. The molecule has 1 aliphatic rings. The Labute approximate surface area is 151 Å². The van der Waals surface area contributed by atoms with E-state index in [1.165, 1.54) is 14.0 Å². The monoisotopic (exact) mass is 359 g/mol. The van der Waals surface area contributed by atoms with E-state index in [2.05, 4.69) is 0 Å². The number of carbonyl (C=O) groups excluding carboxylic acids is 2. The van der Waals surface area contributed by atoms with Gasteiger partial charge in [-0.05, 0) is 42.8 Å². The van der Waals surface area contributed by atoms with Gasteiger partial charge in [0.25, 0.3) is 0 Å². The Morgan fingerprint density at radius 2 is 1.72 bits per heavy atom. The van der Waals surface area contributed by atoms with Gasteiger partial charge in [0.2, 0.25) is 5.54 Å². The summed E-state index contributed by atoms with van der Waals surface area (Å²) < 4.78 is 10.1. The molecule has 2 aromatic rings. The molecule has 0 amide bonds. The fourth-order valence-electron chi connectivity index (χ4n) is 3.32. The Hall–Kier alpha value is -2.53. The summed E-state index contributed by atoms with van der Waals surface area (Å²) in [7, 11) is 2.86. The minimum absolute atomic E-state index is 0.292. The first-order chi connectivity index (χ1) is 12.0. The topological polar surface area (TPSA) is 55.6 Å². The number of Topliss-reactive ketones (excluding diaryl/α,β-unsaturated/α-hetero) is 1. The van der Waals surface area contributed by atoms with Crippen molar-refractivity contribution in [2.24, 2.45) is 0 Å². The third-order valence-corrected chi connectivity index (χ3v) is 4.89. The lowest BCUT2D eigenvalue weighted by molar-refractivity contribution is -0.146. The molecular weight excluding hydrogens is 342 g/mol. The van der Waals surface area contributed by atoms with Crippen molar-refractivity contribution in [3.8, 4) is 5.75 Å². The minimum Gasteiger partial charge on any atom is -0.497 e. The third-order valence-electron chi connectivity index (χ3n) is 4.55. The first-order valence-corrected chi connectivity index (χ1v) is 8.13. The molecule has 1 fully saturated rings. The summed E-state index contributed by atoms with van der Waals surface area (Å²) in [6.07, 6.45) is 0. The number of anilines is 1. The van der Waals surface area contributed by atoms with Crippen LogP contribution in [0.15, 0.2) is 48.5 Å². The average molecular weight is 360 g/mol. The zero-order chi connectivity index (χ0) is 18.2. The highest BCUT2D eigenvalue weighted by molar-refractivity contribution is 6.32. The van der Waals surface area contributed by atoms with E-state index in [4.69, 9.17) is 21.1 Å². The van der Waals surface area contributed by atoms with Gasteiger partial charge in [-0.3, -0.25) is 4.79 Å². The number of halogens is 1. The molecule has 130 valence electrons. The van der Waals surface area contributed by atoms with Crippen LogP contribution in [0.5, 0.6) is 5.75 Å². The summed E-state index contributed by atoms with van der Waals surface area (Å²) in [5.74, 6) is -0.202. The van der Waals surface area contributed by atoms with Gasteiger partial charge in [0.15, 0.2) is 5.78 Å². The van der Waals surface area contributed by atoms with Gasteiger partial charge < -0.3 is 14.4 Å². The van der Waals surface area contributed by atoms with Gasteiger partial charge >= 0.3 is 5.97 Å². The predicted molar refractivity (Wildman–Crippen MR) is 95.1 cm³/mol. The molecule has 0 aromatic heterocycles. The number of benzene rings is 2. The number of ketones is 1. The first-order valence-electron chi connectivity index (χ1n) is 7.75. The lowest BCUT2D eigenvalue weighted by atomic mass is 9.95. The summed E-state index contributed by atoms with van der Waals surface area (Å²) in [6, 6.07) is 13.8. The number of nitrogens with zero attached hydrogens (tertiary/aromatic N) is 1. The molecule has 1 heterocycles. The van der Waals surface area contributed by atoms with Gasteiger partial charge in [-0.2, -0.15) is 0 Å². The van der Waals surface area contributed by atoms with Gasteiger partial charge in [-0.15, -0.1) is 0 Å². The van der Waals surface area contributed by atoms with Crippen LogP contribution in [-0.2, 0) is 14.3 Å². The molecule has 25 heavy (non-hydrogen) atoms. The summed E-state index contributed by atoms with van der Waals surface area (Å²) in [6.45, 7) is 1.39. The Balaban J connectivity index is 2.14. The fraction of sp³-hybridized carbons (Fsp3) is 0.263. The highest BCUT2D eigenvalue weighted by Gasteiger charge is 2.73. The number of ether oxygens (including phenoxy) is 2. The van der Waals surface area contributed by atoms with Crippen LogP contribution in [0.1, 0.15) is 18.5 Å². The number of carbonyl (C=O) groups is 2. The van der Waals surface area contributed by atoms with E-state index in [0.29, 0.717) is 22.0 Å². The Morgan fingerprint density at radius 3 is 2.24 bits per heavy atom. The highest BCUT2D eigenvalue weighted by atomic mass is 35.5. The highest BCUT2D eigenvalue weighted by Crippen LogP contribution is 2.58. The Kier molecular flexibility index (Phi) is 4.43. The van der Waals surface area contributed by atoms with Gasteiger partial charge in [0.05, 0.1) is 20.3 Å². The number of rotatable bonds is 5. The van der Waals surface area contributed by atoms with Crippen molar-refractivity contribution in [2.75, 3.05) is 19.1 Å². The lowest BCUT2D eigenvalue weighted by Crippen LogP contribution is -2.38. The van der Waals surface area contributed by atoms with Gasteiger partial charge in [0.1, 0.15) is 5.75 Å². The molecule has 0 aliphatic carbocycles. The summed E-state index contributed by atoms with van der Waals surface area (Å²) >= 11 is 6.33. The number of esters is 1. The van der Waals surface area contributed by atoms with Crippen molar-refractivity contribution in [2.45, 2.75) is 18.5 Å². The van der Waals surface area contributed by atoms with Crippen molar-refractivity contribution in [3.63, 3.8) is 0 Å². The first kappa shape index (κ1) is 17.3. The van der Waals surface area contributed by atoms with Crippen LogP contribution in [0.4, 0.5) is 5.69 Å². The van der Waals surface area contributed by atoms with E-state index >= 15 is 0 Å². The van der Waals surface area contributed by atoms with Crippen LogP contribution in [0, 0.1) is 0 Å². The maximum atomic E-state index is 12.6. The van der Waals surface area contributed by atoms with E-state index in [9.17, 15) is 9.59 Å². The molecule has 0 radical (unpaired) electrons. The molecule has 3 rings (SSSR count). The fourth-order valence-corrected chi connectivity index (χ4v) is 3.56. The lowest BCUT2D eigenvalue weighted by Gasteiger charge is -2.13. The molecule has 1 aliphatic heterocycles. The number of methoxy groups -OCH3 is 2. The molecule has 1 saturated heterocycles. The normalized spacial score (nSPS) is 21.6. The van der Waals surface area contributed by atoms with Crippen LogP contribution in [0.3, 0.4) is 0 Å². The zero-order valence-corrected chi connectivity index (χ0v) is 14.9. The third kappa shape index (κ3) is 2.55. The smallest absolute Gasteiger partial charge is 0.342 e. The second-order valence-corrected chi connectivity index (χ2v) is 6.21. The summed E-state index contributed by atoms with van der Waals surface area (Å²) in [5, 5.41) is 0.498. The summed E-state index contributed by atoms with van der Waals surface area (Å²) in [5.41, 5.74) is 0.0147. The quantitative estimate of drug-likeness (QED) is 0.465. The molecule has 0 spiro atoms. The molecule has 2 atom stereocenters. The second-order valence-electron chi connectivity index (χ2n) is 5.81. The second kappa shape index (κ2) is 6.41. The van der Waals surface area contributed by atoms with Gasteiger partial charge in [-0.25, -0.2) is 4.79 Å². The van der Waals surface area contributed by atoms with Crippen LogP contribution < -0.4 is 9.64 Å². The molecule has 0 unspecified atom stereocenters. The minimum atomic E-state index is -1.41. The Morgan fingerprint density at radius 1 is 1.08 bits per heavy atom. The maximum Gasteiger partial charge on any atom is 0.342 e. The zero-order valence-electron chi connectivity index (χ0n) is 14.2. The molecule has 2 aromatic carbocycles. The van der Waals surface area contributed by atoms with Crippen molar-refractivity contribution in [1.29, 1.82) is 0 Å². The van der Waals surface area contributed by atoms with E-state index < -0.39 is 17.6 Å². The van der Waals surface area contributed by atoms with Crippen LogP contribution in [0.25, 0.3) is 0 Å². The maximum absolute atomic E-state index is 12.6. The molecule has 0 saturated carbocycles. The van der Waals surface area contributed by atoms with Crippen LogP contribution in [-0.4, -0.2) is 31.5 Å². The van der Waals surface area contributed by atoms with Crippen LogP contribution in [0.2, 0.25) is 5.02 Å². The Bertz CT molecular complexity index is 820. The largest absolute Gasteiger partial charge is 0.497 e. The average Bonchev–Trinajstić information content (AvgIpc) is 3.32. The van der Waals surface area contributed by atoms with Crippen molar-refractivity contribution < 1.29 is 19.1 Å².